The SMILES string of the molecule is CCCCC1(c2ccccc2)Nc2ccccc2C(=O)N1CCC. The first kappa shape index (κ1) is 16.6. The number of nitrogens with zero attached hydrogens (tertiary/aromatic N) is 1. The average Bonchev–Trinajstić information content (AvgIpc) is 2.63. The zero-order chi connectivity index (χ0) is 17.0. The molecule has 0 radical (unpaired) electrons. The molecule has 1 amide bonds. The lowest BCUT2D eigenvalue weighted by atomic mass is 9.87. The quantitative estimate of drug-likeness (QED) is 0.811. The van der Waals surface area contributed by atoms with Crippen molar-refractivity contribution in [2.75, 3.05) is 11.9 Å². The van der Waals surface area contributed by atoms with Gasteiger partial charge in [-0.05, 0) is 37.0 Å². The Balaban J connectivity index is 2.15. The molecule has 1 atom stereocenters. The van der Waals surface area contributed by atoms with E-state index in [9.17, 15) is 4.79 Å². The summed E-state index contributed by atoms with van der Waals surface area (Å²) in [7, 11) is 0. The molecule has 2 aromatic rings. The highest BCUT2D eigenvalue weighted by Crippen LogP contribution is 2.41. The van der Waals surface area contributed by atoms with Crippen molar-refractivity contribution in [3.8, 4) is 0 Å². The summed E-state index contributed by atoms with van der Waals surface area (Å²) < 4.78 is 0. The number of anilines is 1. The fourth-order valence-electron chi connectivity index (χ4n) is 3.62. The first-order valence-electron chi connectivity index (χ1n) is 8.97. The summed E-state index contributed by atoms with van der Waals surface area (Å²) in [5, 5.41) is 3.73. The molecule has 24 heavy (non-hydrogen) atoms. The van der Waals surface area contributed by atoms with Gasteiger partial charge in [-0.1, -0.05) is 62.7 Å². The molecule has 3 nitrogen and oxygen atoms in total. The fraction of sp³-hybridized carbons (Fsp3) is 0.381. The summed E-state index contributed by atoms with van der Waals surface area (Å²) in [6.07, 6.45) is 4.02. The summed E-state index contributed by atoms with van der Waals surface area (Å²) in [6, 6.07) is 18.3. The number of fused-ring (bicyclic) bond motifs is 1. The first-order chi connectivity index (χ1) is 11.7. The van der Waals surface area contributed by atoms with Crippen molar-refractivity contribution in [3.63, 3.8) is 0 Å². The predicted octanol–water partition coefficient (Wildman–Crippen LogP) is 5.01. The van der Waals surface area contributed by atoms with E-state index >= 15 is 0 Å². The topological polar surface area (TPSA) is 32.3 Å². The molecule has 1 heterocycles. The maximum Gasteiger partial charge on any atom is 0.258 e. The van der Waals surface area contributed by atoms with Crippen LogP contribution in [0.3, 0.4) is 0 Å². The van der Waals surface area contributed by atoms with Gasteiger partial charge in [0.05, 0.1) is 5.56 Å². The molecular weight excluding hydrogens is 296 g/mol. The molecule has 0 bridgehead atoms. The molecular formula is C21H26N2O. The maximum absolute atomic E-state index is 13.2. The Labute approximate surface area is 144 Å². The van der Waals surface area contributed by atoms with Gasteiger partial charge < -0.3 is 10.2 Å². The highest BCUT2D eigenvalue weighted by molar-refractivity contribution is 6.02. The Morgan fingerprint density at radius 1 is 0.958 bits per heavy atom. The molecule has 1 aliphatic rings. The van der Waals surface area contributed by atoms with Crippen LogP contribution in [0.5, 0.6) is 0 Å². The Morgan fingerprint density at radius 2 is 1.67 bits per heavy atom. The minimum Gasteiger partial charge on any atom is -0.358 e. The van der Waals surface area contributed by atoms with Crippen molar-refractivity contribution >= 4 is 11.6 Å². The number of hydrogen-bond donors (Lipinski definition) is 1. The van der Waals surface area contributed by atoms with Crippen molar-refractivity contribution in [1.82, 2.24) is 4.90 Å². The van der Waals surface area contributed by atoms with Gasteiger partial charge in [-0.2, -0.15) is 0 Å². The molecule has 0 saturated heterocycles. The van der Waals surface area contributed by atoms with Gasteiger partial charge in [0, 0.05) is 12.2 Å². The molecule has 1 aliphatic heterocycles. The number of amides is 1. The minimum atomic E-state index is -0.460. The van der Waals surface area contributed by atoms with E-state index in [4.69, 9.17) is 0 Å². The molecule has 3 rings (SSSR count). The Bertz CT molecular complexity index is 698. The summed E-state index contributed by atoms with van der Waals surface area (Å²) in [6.45, 7) is 5.07. The molecule has 0 aromatic heterocycles. The highest BCUT2D eigenvalue weighted by atomic mass is 16.2. The van der Waals surface area contributed by atoms with E-state index in [-0.39, 0.29) is 5.91 Å². The number of unbranched alkanes of at least 4 members (excludes halogenated alkanes) is 1. The zero-order valence-corrected chi connectivity index (χ0v) is 14.6. The Kier molecular flexibility index (Phi) is 4.89. The Morgan fingerprint density at radius 3 is 2.38 bits per heavy atom. The van der Waals surface area contributed by atoms with Crippen molar-refractivity contribution in [2.45, 2.75) is 45.2 Å². The standard InChI is InChI=1S/C21H26N2O/c1-3-5-15-21(17-11-7-6-8-12-17)22-19-14-10-9-13-18(19)20(24)23(21)16-4-2/h6-14,22H,3-5,15-16H2,1-2H3. The largest absolute Gasteiger partial charge is 0.358 e. The number of hydrogen-bond acceptors (Lipinski definition) is 2. The molecule has 126 valence electrons. The highest BCUT2D eigenvalue weighted by Gasteiger charge is 2.44. The lowest BCUT2D eigenvalue weighted by Crippen LogP contribution is -2.57. The minimum absolute atomic E-state index is 0.131. The van der Waals surface area contributed by atoms with Crippen molar-refractivity contribution in [2.24, 2.45) is 0 Å². The van der Waals surface area contributed by atoms with Crippen LogP contribution in [0.4, 0.5) is 5.69 Å². The van der Waals surface area contributed by atoms with E-state index in [1.807, 2.05) is 35.2 Å². The van der Waals surface area contributed by atoms with E-state index < -0.39 is 5.66 Å². The third-order valence-electron chi connectivity index (χ3n) is 4.80. The molecule has 1 unspecified atom stereocenters. The summed E-state index contributed by atoms with van der Waals surface area (Å²) in [5.41, 5.74) is 2.41. The second-order valence-electron chi connectivity index (χ2n) is 6.46. The number of para-hydroxylation sites is 1. The van der Waals surface area contributed by atoms with Gasteiger partial charge in [-0.15, -0.1) is 0 Å². The molecule has 0 aliphatic carbocycles. The molecule has 0 fully saturated rings. The summed E-state index contributed by atoms with van der Waals surface area (Å²) >= 11 is 0. The van der Waals surface area contributed by atoms with Gasteiger partial charge in [-0.25, -0.2) is 0 Å². The molecule has 0 spiro atoms. The number of nitrogens with one attached hydrogen (secondary N) is 1. The van der Waals surface area contributed by atoms with Crippen LogP contribution in [0.15, 0.2) is 54.6 Å². The second kappa shape index (κ2) is 7.08. The Hall–Kier alpha value is -2.29. The van der Waals surface area contributed by atoms with Crippen molar-refractivity contribution in [3.05, 3.63) is 65.7 Å². The van der Waals surface area contributed by atoms with Crippen LogP contribution in [-0.2, 0) is 5.66 Å². The van der Waals surface area contributed by atoms with Crippen molar-refractivity contribution < 1.29 is 4.79 Å². The fourth-order valence-corrected chi connectivity index (χ4v) is 3.62. The van der Waals surface area contributed by atoms with Crippen LogP contribution in [0, 0.1) is 0 Å². The van der Waals surface area contributed by atoms with Crippen LogP contribution in [0.2, 0.25) is 0 Å². The zero-order valence-electron chi connectivity index (χ0n) is 14.6. The lowest BCUT2D eigenvalue weighted by Gasteiger charge is -2.49. The number of carbonyl (C=O) groups excluding carboxylic acids is 1. The second-order valence-corrected chi connectivity index (χ2v) is 6.46. The molecule has 0 saturated carbocycles. The van der Waals surface area contributed by atoms with Gasteiger partial charge in [-0.3, -0.25) is 4.79 Å². The van der Waals surface area contributed by atoms with Gasteiger partial charge in [0.25, 0.3) is 5.91 Å². The smallest absolute Gasteiger partial charge is 0.258 e. The van der Waals surface area contributed by atoms with Crippen LogP contribution < -0.4 is 5.32 Å². The third kappa shape index (κ3) is 2.79. The van der Waals surface area contributed by atoms with E-state index in [1.165, 1.54) is 0 Å². The van der Waals surface area contributed by atoms with Gasteiger partial charge in [0.2, 0.25) is 0 Å². The molecule has 3 heteroatoms. The lowest BCUT2D eigenvalue weighted by molar-refractivity contribution is 0.0465. The van der Waals surface area contributed by atoms with Crippen LogP contribution >= 0.6 is 0 Å². The summed E-state index contributed by atoms with van der Waals surface area (Å²) in [4.78, 5) is 15.3. The van der Waals surface area contributed by atoms with E-state index in [2.05, 4.69) is 43.4 Å². The van der Waals surface area contributed by atoms with E-state index in [1.54, 1.807) is 0 Å². The normalized spacial score (nSPS) is 19.8. The van der Waals surface area contributed by atoms with Crippen LogP contribution in [-0.4, -0.2) is 17.4 Å². The summed E-state index contributed by atoms with van der Waals surface area (Å²) in [5.74, 6) is 0.131. The maximum atomic E-state index is 13.2. The number of rotatable bonds is 6. The predicted molar refractivity (Wildman–Crippen MR) is 99.0 cm³/mol. The van der Waals surface area contributed by atoms with Gasteiger partial charge >= 0.3 is 0 Å². The number of carbonyl (C=O) groups is 1. The first-order valence-corrected chi connectivity index (χ1v) is 8.97. The third-order valence-corrected chi connectivity index (χ3v) is 4.80. The molecule has 2 aromatic carbocycles. The van der Waals surface area contributed by atoms with Crippen molar-refractivity contribution in [1.29, 1.82) is 0 Å². The van der Waals surface area contributed by atoms with E-state index in [0.29, 0.717) is 0 Å². The van der Waals surface area contributed by atoms with Gasteiger partial charge in [0.1, 0.15) is 5.66 Å². The van der Waals surface area contributed by atoms with Crippen LogP contribution in [0.1, 0.15) is 55.5 Å². The van der Waals surface area contributed by atoms with E-state index in [0.717, 1.165) is 49.0 Å². The average molecular weight is 322 g/mol. The molecule has 1 N–H and O–H groups in total. The van der Waals surface area contributed by atoms with Crippen LogP contribution in [0.25, 0.3) is 0 Å². The number of benzene rings is 2. The van der Waals surface area contributed by atoms with Gasteiger partial charge in [0.15, 0.2) is 0 Å². The monoisotopic (exact) mass is 322 g/mol.